The summed E-state index contributed by atoms with van der Waals surface area (Å²) in [6.07, 6.45) is -2.62. The fraction of sp³-hybridized carbons (Fsp3) is 0.0952. The van der Waals surface area contributed by atoms with Crippen molar-refractivity contribution in [3.05, 3.63) is 66.0 Å². The number of aromatic nitrogens is 3. The molecule has 4 rings (SSSR count). The number of nitrogens with two attached hydrogens (primary N) is 2. The summed E-state index contributed by atoms with van der Waals surface area (Å²) in [5.41, 5.74) is 13.0. The number of alkyl halides is 3. The van der Waals surface area contributed by atoms with Gasteiger partial charge in [-0.2, -0.15) is 13.2 Å². The lowest BCUT2D eigenvalue weighted by Gasteiger charge is -2.07. The van der Waals surface area contributed by atoms with Gasteiger partial charge in [0.2, 0.25) is 0 Å². The van der Waals surface area contributed by atoms with Crippen LogP contribution in [0.4, 0.5) is 19.0 Å². The number of primary amides is 1. The lowest BCUT2D eigenvalue weighted by molar-refractivity contribution is -0.137. The minimum atomic E-state index is -4.40. The maximum absolute atomic E-state index is 13.0. The summed E-state index contributed by atoms with van der Waals surface area (Å²) in [6.45, 7) is 0. The lowest BCUT2D eigenvalue weighted by Crippen LogP contribution is -2.14. The summed E-state index contributed by atoms with van der Waals surface area (Å²) in [4.78, 5) is 19.6. The number of rotatable bonds is 3. The Labute approximate surface area is 169 Å². The van der Waals surface area contributed by atoms with Gasteiger partial charge in [0.25, 0.3) is 5.91 Å². The molecule has 4 aromatic rings. The zero-order valence-corrected chi connectivity index (χ0v) is 15.7. The highest BCUT2D eigenvalue weighted by Crippen LogP contribution is 2.36. The van der Waals surface area contributed by atoms with E-state index in [4.69, 9.17) is 11.5 Å². The fourth-order valence-corrected chi connectivity index (χ4v) is 3.31. The predicted octanol–water partition coefficient (Wildman–Crippen LogP) is 4.00. The van der Waals surface area contributed by atoms with Crippen LogP contribution < -0.4 is 11.5 Å². The lowest BCUT2D eigenvalue weighted by atomic mass is 10.0. The molecule has 0 saturated carbocycles. The predicted molar refractivity (Wildman–Crippen MR) is 107 cm³/mol. The summed E-state index contributed by atoms with van der Waals surface area (Å²) in [6, 6.07) is 12.1. The van der Waals surface area contributed by atoms with E-state index in [1.54, 1.807) is 42.1 Å². The van der Waals surface area contributed by atoms with E-state index in [-0.39, 0.29) is 17.3 Å². The molecule has 4 N–H and O–H groups in total. The molecule has 0 radical (unpaired) electrons. The quantitative estimate of drug-likeness (QED) is 0.532. The first-order valence-electron chi connectivity index (χ1n) is 8.85. The number of anilines is 1. The Hall–Kier alpha value is -3.88. The van der Waals surface area contributed by atoms with Crippen molar-refractivity contribution in [3.8, 4) is 22.5 Å². The highest BCUT2D eigenvalue weighted by Gasteiger charge is 2.31. The van der Waals surface area contributed by atoms with E-state index in [9.17, 15) is 18.0 Å². The molecule has 2 heterocycles. The Bertz CT molecular complexity index is 1280. The number of nitrogens with zero attached hydrogens (tertiary/aromatic N) is 3. The monoisotopic (exact) mass is 411 g/mol. The number of hydrogen-bond donors (Lipinski definition) is 2. The first-order valence-corrected chi connectivity index (χ1v) is 8.85. The summed E-state index contributed by atoms with van der Waals surface area (Å²) < 4.78 is 40.8. The van der Waals surface area contributed by atoms with E-state index in [0.717, 1.165) is 23.3 Å². The van der Waals surface area contributed by atoms with E-state index in [2.05, 4.69) is 9.97 Å². The average Bonchev–Trinajstić information content (AvgIpc) is 3.03. The van der Waals surface area contributed by atoms with Crippen molar-refractivity contribution in [2.75, 3.05) is 5.73 Å². The SMILES string of the molecule is Cn1cc(-c2ccc(-c3nc(N)cc(C(N)=O)n3)cc2)c2ccc(C(F)(F)F)cc21. The third-order valence-corrected chi connectivity index (χ3v) is 4.77. The van der Waals surface area contributed by atoms with E-state index in [1.165, 1.54) is 12.1 Å². The standard InChI is InChI=1S/C21H16F3N5O/c1-29-10-15(14-7-6-13(8-17(14)29)21(22,23)24)11-2-4-12(5-3-11)20-27-16(19(26)30)9-18(25)28-20/h2-10H,1H3,(H2,26,30)(H2,25,27,28). The van der Waals surface area contributed by atoms with Gasteiger partial charge in [-0.05, 0) is 17.7 Å². The fourth-order valence-electron chi connectivity index (χ4n) is 3.31. The van der Waals surface area contributed by atoms with Crippen molar-refractivity contribution in [2.24, 2.45) is 12.8 Å². The van der Waals surface area contributed by atoms with E-state index < -0.39 is 17.6 Å². The molecule has 0 bridgehead atoms. The summed E-state index contributed by atoms with van der Waals surface area (Å²) >= 11 is 0. The Kier molecular flexibility index (Phi) is 4.45. The van der Waals surface area contributed by atoms with Crippen molar-refractivity contribution in [3.63, 3.8) is 0 Å². The molecule has 0 aliphatic carbocycles. The number of nitrogen functional groups attached to an aromatic ring is 1. The molecule has 9 heteroatoms. The van der Waals surface area contributed by atoms with Crippen LogP contribution in [0.2, 0.25) is 0 Å². The van der Waals surface area contributed by atoms with Crippen LogP contribution in [-0.4, -0.2) is 20.4 Å². The second-order valence-corrected chi connectivity index (χ2v) is 6.83. The Morgan fingerprint density at radius 1 is 1.00 bits per heavy atom. The molecule has 0 fully saturated rings. The van der Waals surface area contributed by atoms with Gasteiger partial charge in [0.05, 0.1) is 5.56 Å². The van der Waals surface area contributed by atoms with E-state index in [1.807, 2.05) is 0 Å². The summed E-state index contributed by atoms with van der Waals surface area (Å²) in [7, 11) is 1.70. The molecule has 0 spiro atoms. The highest BCUT2D eigenvalue weighted by molar-refractivity contribution is 5.96. The minimum absolute atomic E-state index is 0.0103. The second-order valence-electron chi connectivity index (χ2n) is 6.83. The van der Waals surface area contributed by atoms with Crippen LogP contribution in [0.1, 0.15) is 16.1 Å². The van der Waals surface area contributed by atoms with Crippen LogP contribution in [-0.2, 0) is 13.2 Å². The maximum Gasteiger partial charge on any atom is 0.416 e. The smallest absolute Gasteiger partial charge is 0.384 e. The van der Waals surface area contributed by atoms with Crippen LogP contribution in [0.5, 0.6) is 0 Å². The number of aryl methyl sites for hydroxylation is 1. The summed E-state index contributed by atoms with van der Waals surface area (Å²) in [5, 5.41) is 0.703. The molecule has 0 unspecified atom stereocenters. The summed E-state index contributed by atoms with van der Waals surface area (Å²) in [5.74, 6) is -0.341. The molecule has 0 aliphatic rings. The van der Waals surface area contributed by atoms with E-state index in [0.29, 0.717) is 16.5 Å². The molecule has 2 aromatic heterocycles. The number of carbonyl (C=O) groups is 1. The number of carbonyl (C=O) groups excluding carboxylic acids is 1. The zero-order chi connectivity index (χ0) is 21.6. The minimum Gasteiger partial charge on any atom is -0.384 e. The van der Waals surface area contributed by atoms with Gasteiger partial charge in [-0.25, -0.2) is 9.97 Å². The first kappa shape index (κ1) is 19.4. The van der Waals surface area contributed by atoms with Gasteiger partial charge in [-0.15, -0.1) is 0 Å². The molecule has 1 amide bonds. The number of hydrogen-bond acceptors (Lipinski definition) is 4. The normalized spacial score (nSPS) is 11.7. The Balaban J connectivity index is 1.75. The van der Waals surface area contributed by atoms with Crippen molar-refractivity contribution < 1.29 is 18.0 Å². The Morgan fingerprint density at radius 2 is 1.67 bits per heavy atom. The van der Waals surface area contributed by atoms with Crippen LogP contribution in [0.25, 0.3) is 33.4 Å². The highest BCUT2D eigenvalue weighted by atomic mass is 19.4. The Morgan fingerprint density at radius 3 is 2.30 bits per heavy atom. The average molecular weight is 411 g/mol. The van der Waals surface area contributed by atoms with Gasteiger partial charge >= 0.3 is 6.18 Å². The third kappa shape index (κ3) is 3.45. The van der Waals surface area contributed by atoms with Gasteiger partial charge < -0.3 is 16.0 Å². The van der Waals surface area contributed by atoms with Crippen molar-refractivity contribution in [2.45, 2.75) is 6.18 Å². The molecule has 152 valence electrons. The molecule has 0 saturated heterocycles. The number of halogens is 3. The number of benzene rings is 2. The first-order chi connectivity index (χ1) is 14.1. The topological polar surface area (TPSA) is 99.8 Å². The molecule has 6 nitrogen and oxygen atoms in total. The van der Waals surface area contributed by atoms with Gasteiger partial charge in [0, 0.05) is 41.3 Å². The van der Waals surface area contributed by atoms with Crippen LogP contribution in [0.3, 0.4) is 0 Å². The molecular weight excluding hydrogens is 395 g/mol. The van der Waals surface area contributed by atoms with Gasteiger partial charge in [-0.3, -0.25) is 4.79 Å². The van der Waals surface area contributed by atoms with Gasteiger partial charge in [-0.1, -0.05) is 30.3 Å². The van der Waals surface area contributed by atoms with Gasteiger partial charge in [0.15, 0.2) is 5.82 Å². The largest absolute Gasteiger partial charge is 0.416 e. The van der Waals surface area contributed by atoms with Crippen molar-refractivity contribution in [1.82, 2.24) is 14.5 Å². The van der Waals surface area contributed by atoms with E-state index >= 15 is 0 Å². The third-order valence-electron chi connectivity index (χ3n) is 4.77. The van der Waals surface area contributed by atoms with Crippen LogP contribution in [0, 0.1) is 0 Å². The van der Waals surface area contributed by atoms with Crippen molar-refractivity contribution in [1.29, 1.82) is 0 Å². The molecule has 0 atom stereocenters. The second kappa shape index (κ2) is 6.87. The molecular formula is C21H16F3N5O. The zero-order valence-electron chi connectivity index (χ0n) is 15.7. The van der Waals surface area contributed by atoms with Gasteiger partial charge in [0.1, 0.15) is 11.5 Å². The van der Waals surface area contributed by atoms with Crippen LogP contribution in [0.15, 0.2) is 54.7 Å². The molecule has 30 heavy (non-hydrogen) atoms. The van der Waals surface area contributed by atoms with Crippen molar-refractivity contribution >= 4 is 22.6 Å². The maximum atomic E-state index is 13.0. The molecule has 0 aliphatic heterocycles. The molecule has 2 aromatic carbocycles. The number of amides is 1. The van der Waals surface area contributed by atoms with Crippen LogP contribution >= 0.6 is 0 Å². The number of fused-ring (bicyclic) bond motifs is 1.